The zero-order valence-corrected chi connectivity index (χ0v) is 15.2. The lowest BCUT2D eigenvalue weighted by Gasteiger charge is -2.07. The van der Waals surface area contributed by atoms with Crippen molar-refractivity contribution in [2.45, 2.75) is 20.3 Å². The van der Waals surface area contributed by atoms with E-state index in [2.05, 4.69) is 61.7 Å². The fourth-order valence-corrected chi connectivity index (χ4v) is 2.95. The standard InChI is InChI=1S/C18H19BrN4O/c1-12-9-13(2)23(22-12)16-5-3-14(4-6-16)7-8-20-18(24)17-10-15(19)11-21-17/h3-6,9-11,21H,7-8H2,1-2H3,(H,20,24). The van der Waals surface area contributed by atoms with Gasteiger partial charge in [-0.25, -0.2) is 4.68 Å². The van der Waals surface area contributed by atoms with E-state index >= 15 is 0 Å². The minimum Gasteiger partial charge on any atom is -0.356 e. The summed E-state index contributed by atoms with van der Waals surface area (Å²) >= 11 is 3.32. The lowest BCUT2D eigenvalue weighted by atomic mass is 10.1. The quantitative estimate of drug-likeness (QED) is 0.703. The molecule has 0 saturated heterocycles. The van der Waals surface area contributed by atoms with Crippen molar-refractivity contribution in [3.05, 3.63) is 69.7 Å². The third-order valence-electron chi connectivity index (χ3n) is 3.78. The fraction of sp³-hybridized carbons (Fsp3) is 0.222. The van der Waals surface area contributed by atoms with Crippen LogP contribution < -0.4 is 5.32 Å². The first-order valence-electron chi connectivity index (χ1n) is 7.77. The molecule has 2 heterocycles. The minimum absolute atomic E-state index is 0.0973. The van der Waals surface area contributed by atoms with Gasteiger partial charge in [0.25, 0.3) is 5.91 Å². The maximum absolute atomic E-state index is 12.0. The second kappa shape index (κ2) is 7.05. The number of hydrogen-bond donors (Lipinski definition) is 2. The Morgan fingerprint density at radius 1 is 1.25 bits per heavy atom. The van der Waals surface area contributed by atoms with Crippen LogP contribution in [0.5, 0.6) is 0 Å². The van der Waals surface area contributed by atoms with E-state index in [0.717, 1.165) is 28.0 Å². The van der Waals surface area contributed by atoms with E-state index in [9.17, 15) is 4.79 Å². The van der Waals surface area contributed by atoms with E-state index in [0.29, 0.717) is 12.2 Å². The molecular formula is C18H19BrN4O. The van der Waals surface area contributed by atoms with Gasteiger partial charge in [-0.15, -0.1) is 0 Å². The van der Waals surface area contributed by atoms with Crippen LogP contribution in [-0.4, -0.2) is 27.2 Å². The third-order valence-corrected chi connectivity index (χ3v) is 4.24. The lowest BCUT2D eigenvalue weighted by molar-refractivity contribution is 0.0950. The highest BCUT2D eigenvalue weighted by molar-refractivity contribution is 9.10. The van der Waals surface area contributed by atoms with Gasteiger partial charge in [0.05, 0.1) is 11.4 Å². The molecule has 0 atom stereocenters. The number of aromatic nitrogens is 3. The predicted octanol–water partition coefficient (Wildman–Crippen LogP) is 3.55. The summed E-state index contributed by atoms with van der Waals surface area (Å²) in [7, 11) is 0. The van der Waals surface area contributed by atoms with Gasteiger partial charge < -0.3 is 10.3 Å². The van der Waals surface area contributed by atoms with Crippen LogP contribution in [0.2, 0.25) is 0 Å². The number of halogens is 1. The van der Waals surface area contributed by atoms with Gasteiger partial charge >= 0.3 is 0 Å². The van der Waals surface area contributed by atoms with Crippen LogP contribution in [0.4, 0.5) is 0 Å². The van der Waals surface area contributed by atoms with E-state index in [1.807, 2.05) is 18.5 Å². The molecule has 0 fully saturated rings. The molecule has 0 saturated carbocycles. The van der Waals surface area contributed by atoms with E-state index in [1.54, 1.807) is 12.3 Å². The first-order valence-corrected chi connectivity index (χ1v) is 8.57. The number of carbonyl (C=O) groups is 1. The molecule has 5 nitrogen and oxygen atoms in total. The Morgan fingerprint density at radius 3 is 2.58 bits per heavy atom. The third kappa shape index (κ3) is 3.76. The Hall–Kier alpha value is -2.34. The van der Waals surface area contributed by atoms with Crippen molar-refractivity contribution in [1.82, 2.24) is 20.1 Å². The van der Waals surface area contributed by atoms with Crippen LogP contribution in [0.3, 0.4) is 0 Å². The molecule has 3 aromatic rings. The second-order valence-corrected chi connectivity index (χ2v) is 6.66. The summed E-state index contributed by atoms with van der Waals surface area (Å²) in [6.07, 6.45) is 2.53. The smallest absolute Gasteiger partial charge is 0.267 e. The molecule has 24 heavy (non-hydrogen) atoms. The molecular weight excluding hydrogens is 368 g/mol. The van der Waals surface area contributed by atoms with E-state index in [1.165, 1.54) is 5.56 Å². The van der Waals surface area contributed by atoms with Crippen LogP contribution >= 0.6 is 15.9 Å². The van der Waals surface area contributed by atoms with E-state index < -0.39 is 0 Å². The zero-order valence-electron chi connectivity index (χ0n) is 13.6. The number of nitrogens with one attached hydrogen (secondary N) is 2. The van der Waals surface area contributed by atoms with Crippen LogP contribution in [0.1, 0.15) is 27.4 Å². The number of nitrogens with zero attached hydrogens (tertiary/aromatic N) is 2. The highest BCUT2D eigenvalue weighted by Crippen LogP contribution is 2.13. The number of amides is 1. The van der Waals surface area contributed by atoms with Crippen molar-refractivity contribution in [2.75, 3.05) is 6.54 Å². The Kier molecular flexibility index (Phi) is 4.85. The molecule has 1 aromatic carbocycles. The van der Waals surface area contributed by atoms with Crippen molar-refractivity contribution in [1.29, 1.82) is 0 Å². The number of rotatable bonds is 5. The summed E-state index contributed by atoms with van der Waals surface area (Å²) in [5.74, 6) is -0.0973. The first kappa shape index (κ1) is 16.5. The molecule has 1 amide bonds. The summed E-state index contributed by atoms with van der Waals surface area (Å²) in [5, 5.41) is 7.39. The Labute approximate surface area is 149 Å². The average Bonchev–Trinajstić information content (AvgIpc) is 3.13. The topological polar surface area (TPSA) is 62.7 Å². The normalized spacial score (nSPS) is 10.8. The van der Waals surface area contributed by atoms with Crippen LogP contribution in [0, 0.1) is 13.8 Å². The monoisotopic (exact) mass is 386 g/mol. The molecule has 0 aliphatic carbocycles. The largest absolute Gasteiger partial charge is 0.356 e. The van der Waals surface area contributed by atoms with Crippen LogP contribution in [0.25, 0.3) is 5.69 Å². The number of carbonyl (C=O) groups excluding carboxylic acids is 1. The Morgan fingerprint density at radius 2 is 2.00 bits per heavy atom. The average molecular weight is 387 g/mol. The molecule has 124 valence electrons. The number of H-pyrrole nitrogens is 1. The number of hydrogen-bond acceptors (Lipinski definition) is 2. The predicted molar refractivity (Wildman–Crippen MR) is 97.6 cm³/mol. The SMILES string of the molecule is Cc1cc(C)n(-c2ccc(CCNC(=O)c3cc(Br)c[nH]3)cc2)n1. The molecule has 2 aromatic heterocycles. The minimum atomic E-state index is -0.0973. The lowest BCUT2D eigenvalue weighted by Crippen LogP contribution is -2.25. The van der Waals surface area contributed by atoms with Gasteiger partial charge in [0, 0.05) is 22.9 Å². The molecule has 0 spiro atoms. The number of benzene rings is 1. The Bertz CT molecular complexity index is 848. The molecule has 0 bridgehead atoms. The van der Waals surface area contributed by atoms with Crippen LogP contribution in [0.15, 0.2) is 47.1 Å². The molecule has 2 N–H and O–H groups in total. The van der Waals surface area contributed by atoms with Gasteiger partial charge in [-0.3, -0.25) is 4.79 Å². The van der Waals surface area contributed by atoms with Gasteiger partial charge in [0.15, 0.2) is 0 Å². The first-order chi connectivity index (χ1) is 11.5. The number of aromatic amines is 1. The second-order valence-electron chi connectivity index (χ2n) is 5.74. The molecule has 6 heteroatoms. The fourth-order valence-electron chi connectivity index (χ4n) is 2.61. The van der Waals surface area contributed by atoms with Crippen LogP contribution in [-0.2, 0) is 6.42 Å². The van der Waals surface area contributed by atoms with Crippen molar-refractivity contribution in [3.8, 4) is 5.69 Å². The van der Waals surface area contributed by atoms with E-state index in [4.69, 9.17) is 0 Å². The van der Waals surface area contributed by atoms with Gasteiger partial charge in [0.2, 0.25) is 0 Å². The van der Waals surface area contributed by atoms with Crippen molar-refractivity contribution in [2.24, 2.45) is 0 Å². The molecule has 0 unspecified atom stereocenters. The Balaban J connectivity index is 1.57. The van der Waals surface area contributed by atoms with Crippen molar-refractivity contribution < 1.29 is 4.79 Å². The maximum atomic E-state index is 12.0. The highest BCUT2D eigenvalue weighted by Gasteiger charge is 2.07. The van der Waals surface area contributed by atoms with Crippen molar-refractivity contribution >= 4 is 21.8 Å². The van der Waals surface area contributed by atoms with E-state index in [-0.39, 0.29) is 5.91 Å². The van der Waals surface area contributed by atoms with Gasteiger partial charge in [-0.1, -0.05) is 12.1 Å². The molecule has 0 aliphatic heterocycles. The molecule has 0 radical (unpaired) electrons. The molecule has 3 rings (SSSR count). The summed E-state index contributed by atoms with van der Waals surface area (Å²) in [5.41, 5.74) is 4.90. The van der Waals surface area contributed by atoms with Gasteiger partial charge in [-0.2, -0.15) is 5.10 Å². The summed E-state index contributed by atoms with van der Waals surface area (Å²) in [6.45, 7) is 4.63. The maximum Gasteiger partial charge on any atom is 0.267 e. The highest BCUT2D eigenvalue weighted by atomic mass is 79.9. The number of aryl methyl sites for hydroxylation is 2. The summed E-state index contributed by atoms with van der Waals surface area (Å²) < 4.78 is 2.80. The van der Waals surface area contributed by atoms with Gasteiger partial charge in [-0.05, 0) is 66.0 Å². The van der Waals surface area contributed by atoms with Gasteiger partial charge in [0.1, 0.15) is 5.69 Å². The summed E-state index contributed by atoms with van der Waals surface area (Å²) in [4.78, 5) is 14.9. The molecule has 0 aliphatic rings. The summed E-state index contributed by atoms with van der Waals surface area (Å²) in [6, 6.07) is 12.1. The zero-order chi connectivity index (χ0) is 17.1. The van der Waals surface area contributed by atoms with Crippen molar-refractivity contribution in [3.63, 3.8) is 0 Å².